The number of amides is 7. The molecule has 7 aromatic carbocycles. The number of nitrogens with one attached hydrogen (secondary N) is 16. The van der Waals surface area contributed by atoms with Crippen LogP contribution in [0, 0.1) is 10.8 Å². The number of carboxylic acids is 1. The lowest BCUT2D eigenvalue weighted by Crippen LogP contribution is -2.61. The molecular formula is C82H86N18O10. The highest BCUT2D eigenvalue weighted by atomic mass is 16.5. The van der Waals surface area contributed by atoms with E-state index in [4.69, 9.17) is 27.0 Å². The van der Waals surface area contributed by atoms with Crippen molar-refractivity contribution in [1.29, 1.82) is 10.8 Å². The second-order valence-electron chi connectivity index (χ2n) is 27.5. The van der Waals surface area contributed by atoms with Crippen LogP contribution < -0.4 is 59.3 Å². The van der Waals surface area contributed by atoms with Crippen molar-refractivity contribution < 1.29 is 48.2 Å². The standard InChI is InChI=1S/C82H86N18O10/c83-80(84)87-33-15-31-66(73(101)97-70(37-48-42-91-63-28-12-7-19-53(48)63)77(105)99-72(79(107)108)39-50-44-93-65-30-14-9-21-55(50)65)94-75(103)68(35-46-40-89-61-26-10-5-17-51(46)61)98-76(104)69(36-47-41-90-62-27-11-6-18-52(47)62)96-74(102)67(32-16-34-88-81(85)86)95-78(106)71(38-49-43-92-64-29-13-8-20-54(49)64)100-82(109)110-45-60-58-24-3-1-22-56(58)57-23-2-4-25-59(57)60/h1-14,17-30,40-44,60,66-72,89-93H,15-16,31-39,45H2,(H,94,103)(H,95,106)(H,96,102)(H,97,101)(H,98,104)(H,99,105)(H,100,109)(H,107,108)(H4,83,84,87)(H4,85,86,88)/t66-,67-,68-,69-,70-,71-,72-/m0/s1. The van der Waals surface area contributed by atoms with Crippen LogP contribution in [-0.4, -0.2) is 151 Å². The van der Waals surface area contributed by atoms with Gasteiger partial charge in [0.2, 0.25) is 35.4 Å². The van der Waals surface area contributed by atoms with Crippen LogP contribution in [0.1, 0.15) is 70.5 Å². The summed E-state index contributed by atoms with van der Waals surface area (Å²) in [4.78, 5) is 136. The fourth-order valence-corrected chi connectivity index (χ4v) is 14.7. The summed E-state index contributed by atoms with van der Waals surface area (Å²) in [6.45, 7) is 0.106. The molecule has 1 aliphatic carbocycles. The Kier molecular flexibility index (Phi) is 23.2. The molecule has 13 rings (SSSR count). The lowest BCUT2D eigenvalue weighted by molar-refractivity contribution is -0.142. The van der Waals surface area contributed by atoms with Crippen LogP contribution in [0.2, 0.25) is 0 Å². The fourth-order valence-electron chi connectivity index (χ4n) is 14.7. The number of alkyl carbamates (subject to hydrolysis) is 1. The molecule has 564 valence electrons. The van der Waals surface area contributed by atoms with Crippen molar-refractivity contribution in [3.63, 3.8) is 0 Å². The number of aromatic nitrogens is 5. The summed E-state index contributed by atoms with van der Waals surface area (Å²) < 4.78 is 6.00. The number of hydrogen-bond acceptors (Lipinski definition) is 11. The van der Waals surface area contributed by atoms with E-state index in [1.807, 2.05) is 170 Å². The number of carboxylic acid groups (broad SMARTS) is 1. The molecular weight excluding hydrogens is 1400 g/mol. The maximum absolute atomic E-state index is 15.8. The zero-order valence-corrected chi connectivity index (χ0v) is 59.9. The van der Waals surface area contributed by atoms with E-state index in [0.717, 1.165) is 55.0 Å². The predicted octanol–water partition coefficient (Wildman–Crippen LogP) is 7.03. The molecule has 5 heterocycles. The molecule has 0 saturated heterocycles. The number of nitrogens with two attached hydrogens (primary N) is 2. The molecule has 0 fully saturated rings. The third-order valence-corrected chi connectivity index (χ3v) is 20.2. The van der Waals surface area contributed by atoms with Gasteiger partial charge in [-0.15, -0.1) is 0 Å². The van der Waals surface area contributed by atoms with E-state index in [1.54, 1.807) is 31.0 Å². The Morgan fingerprint density at radius 1 is 0.364 bits per heavy atom. The van der Waals surface area contributed by atoms with Crippen molar-refractivity contribution in [2.45, 2.75) is 106 Å². The van der Waals surface area contributed by atoms with Gasteiger partial charge in [-0.2, -0.15) is 0 Å². The van der Waals surface area contributed by atoms with E-state index in [0.29, 0.717) is 49.6 Å². The number of para-hydroxylation sites is 5. The van der Waals surface area contributed by atoms with Gasteiger partial charge < -0.3 is 94.1 Å². The van der Waals surface area contributed by atoms with Gasteiger partial charge in [0.15, 0.2) is 11.9 Å². The van der Waals surface area contributed by atoms with E-state index in [2.05, 4.69) is 72.8 Å². The summed E-state index contributed by atoms with van der Waals surface area (Å²) in [5, 5.41) is 55.6. The maximum atomic E-state index is 15.8. The van der Waals surface area contributed by atoms with Crippen LogP contribution in [-0.2, 0) is 70.4 Å². The molecule has 0 aliphatic heterocycles. The smallest absolute Gasteiger partial charge is 0.407 e. The van der Waals surface area contributed by atoms with Gasteiger partial charge in [-0.1, -0.05) is 140 Å². The molecule has 28 heteroatoms. The number of aromatic amines is 5. The van der Waals surface area contributed by atoms with Crippen LogP contribution in [0.15, 0.2) is 201 Å². The summed E-state index contributed by atoms with van der Waals surface area (Å²) in [6, 6.07) is 42.4. The van der Waals surface area contributed by atoms with E-state index in [9.17, 15) is 19.5 Å². The SMILES string of the molecule is N=C(N)NCCC[C@H](NC(=O)[C@H](Cc1c[nH]c2ccccc12)NC(=O)OCC1c2ccccc2-c2ccccc21)C(=O)N[C@@H](Cc1c[nH]c2ccccc12)C(=O)N[C@@H](Cc1c[nH]c2ccccc12)C(=O)N[C@@H](CCCNC(=N)N)C(=O)N[C@@H](Cc1c[nH]c2ccccc12)C(=O)N[C@@H](Cc1c[nH]c2ccccc12)C(=O)O. The third kappa shape index (κ3) is 17.7. The van der Waals surface area contributed by atoms with Crippen LogP contribution in [0.4, 0.5) is 4.79 Å². The predicted molar refractivity (Wildman–Crippen MR) is 420 cm³/mol. The minimum absolute atomic E-state index is 0.0600. The van der Waals surface area contributed by atoms with E-state index in [-0.39, 0.29) is 95.3 Å². The van der Waals surface area contributed by atoms with Gasteiger partial charge in [0, 0.05) is 137 Å². The molecule has 7 amide bonds. The van der Waals surface area contributed by atoms with Gasteiger partial charge in [-0.05, 0) is 106 Å². The van der Waals surface area contributed by atoms with Crippen LogP contribution in [0.3, 0.4) is 0 Å². The second kappa shape index (κ2) is 34.3. The Hall–Kier alpha value is -13.7. The Balaban J connectivity index is 0.793. The number of aliphatic carboxylic acids is 1. The first kappa shape index (κ1) is 74.6. The van der Waals surface area contributed by atoms with Crippen LogP contribution in [0.5, 0.6) is 0 Å². The van der Waals surface area contributed by atoms with Gasteiger partial charge in [0.25, 0.3) is 0 Å². The zero-order chi connectivity index (χ0) is 76.8. The van der Waals surface area contributed by atoms with Gasteiger partial charge >= 0.3 is 12.1 Å². The van der Waals surface area contributed by atoms with Crippen molar-refractivity contribution in [3.8, 4) is 11.1 Å². The fraction of sp³-hybridized carbons (Fsp3) is 0.244. The first-order chi connectivity index (χ1) is 53.4. The number of carbonyl (C=O) groups excluding carboxylic acids is 7. The van der Waals surface area contributed by atoms with Crippen molar-refractivity contribution in [2.75, 3.05) is 19.7 Å². The first-order valence-electron chi connectivity index (χ1n) is 36.5. The number of rotatable bonds is 34. The molecule has 0 unspecified atom stereocenters. The Labute approximate surface area is 630 Å². The van der Waals surface area contributed by atoms with E-state index in [1.165, 1.54) is 0 Å². The lowest BCUT2D eigenvalue weighted by atomic mass is 9.98. The molecule has 7 atom stereocenters. The third-order valence-electron chi connectivity index (χ3n) is 20.2. The largest absolute Gasteiger partial charge is 0.480 e. The lowest BCUT2D eigenvalue weighted by Gasteiger charge is -2.28. The van der Waals surface area contributed by atoms with Crippen molar-refractivity contribution in [3.05, 3.63) is 240 Å². The molecule has 110 heavy (non-hydrogen) atoms. The molecule has 0 spiro atoms. The summed E-state index contributed by atoms with van der Waals surface area (Å²) >= 11 is 0. The maximum Gasteiger partial charge on any atom is 0.407 e. The summed E-state index contributed by atoms with van der Waals surface area (Å²) in [6.07, 6.45) is 6.99. The van der Waals surface area contributed by atoms with Crippen molar-refractivity contribution in [2.24, 2.45) is 11.5 Å². The number of carbonyl (C=O) groups is 8. The molecule has 1 aliphatic rings. The molecule has 12 aromatic rings. The highest BCUT2D eigenvalue weighted by Gasteiger charge is 2.37. The average Bonchev–Trinajstić information content (AvgIpc) is 1.61. The molecule has 0 radical (unpaired) electrons. The minimum atomic E-state index is -1.52. The monoisotopic (exact) mass is 1480 g/mol. The van der Waals surface area contributed by atoms with Gasteiger partial charge in [0.05, 0.1) is 0 Å². The van der Waals surface area contributed by atoms with Gasteiger partial charge in [0.1, 0.15) is 48.9 Å². The number of fused-ring (bicyclic) bond motifs is 8. The van der Waals surface area contributed by atoms with Crippen molar-refractivity contribution in [1.82, 2.24) is 72.8 Å². The first-order valence-corrected chi connectivity index (χ1v) is 36.5. The molecule has 0 saturated carbocycles. The normalized spacial score (nSPS) is 13.7. The topological polar surface area (TPSA) is 453 Å². The highest BCUT2D eigenvalue weighted by Crippen LogP contribution is 2.44. The Bertz CT molecular complexity index is 5360. The number of hydrogen-bond donors (Lipinski definition) is 19. The average molecular weight is 1480 g/mol. The quantitative estimate of drug-likeness (QED) is 0.0109. The zero-order valence-electron chi connectivity index (χ0n) is 59.9. The molecule has 5 aromatic heterocycles. The van der Waals surface area contributed by atoms with Crippen LogP contribution >= 0.6 is 0 Å². The number of guanidine groups is 2. The summed E-state index contributed by atoms with van der Waals surface area (Å²) in [7, 11) is 0. The second-order valence-corrected chi connectivity index (χ2v) is 27.5. The summed E-state index contributed by atoms with van der Waals surface area (Å²) in [5.41, 5.74) is 22.2. The molecule has 21 N–H and O–H groups in total. The molecule has 28 nitrogen and oxygen atoms in total. The number of ether oxygens (including phenoxy) is 1. The van der Waals surface area contributed by atoms with Gasteiger partial charge in [-0.25, -0.2) is 9.59 Å². The van der Waals surface area contributed by atoms with E-state index < -0.39 is 89.8 Å². The Morgan fingerprint density at radius 2 is 0.627 bits per heavy atom. The van der Waals surface area contributed by atoms with Crippen molar-refractivity contribution >= 4 is 114 Å². The van der Waals surface area contributed by atoms with Crippen LogP contribution in [0.25, 0.3) is 65.6 Å². The molecule has 0 bridgehead atoms. The number of H-pyrrole nitrogens is 5. The van der Waals surface area contributed by atoms with Gasteiger partial charge in [-0.3, -0.25) is 39.6 Å². The Morgan fingerprint density at radius 3 is 0.945 bits per heavy atom. The van der Waals surface area contributed by atoms with E-state index >= 15 is 24.0 Å². The number of benzene rings is 7. The summed E-state index contributed by atoms with van der Waals surface area (Å²) in [5.74, 6) is -7.34. The minimum Gasteiger partial charge on any atom is -0.480 e. The highest BCUT2D eigenvalue weighted by molar-refractivity contribution is 6.00.